The fraction of sp³-hybridized carbons (Fsp3) is 0.889. The lowest BCUT2D eigenvalue weighted by atomic mass is 10.1. The van der Waals surface area contributed by atoms with E-state index in [2.05, 4.69) is 4.74 Å². The number of carbonyl (C=O) groups is 1. The second kappa shape index (κ2) is 4.46. The highest BCUT2D eigenvalue weighted by Gasteiger charge is 2.27. The average molecular weight is 189 g/mol. The lowest BCUT2D eigenvalue weighted by Crippen LogP contribution is -2.48. The van der Waals surface area contributed by atoms with Crippen molar-refractivity contribution in [2.75, 3.05) is 13.7 Å². The van der Waals surface area contributed by atoms with Crippen molar-refractivity contribution in [1.29, 1.82) is 0 Å². The molecule has 0 saturated carbocycles. The number of aliphatic hydroxyl groups is 1. The number of amides is 1. The van der Waals surface area contributed by atoms with E-state index in [4.69, 9.17) is 0 Å². The topological polar surface area (TPSA) is 49.8 Å². The van der Waals surface area contributed by atoms with Crippen molar-refractivity contribution in [3.63, 3.8) is 0 Å². The largest absolute Gasteiger partial charge is 0.453 e. The van der Waals surface area contributed by atoms with Gasteiger partial charge in [0.1, 0.15) is 0 Å². The molecule has 0 heterocycles. The normalized spacial score (nSPS) is 13.7. The smallest absolute Gasteiger partial charge is 0.410 e. The zero-order valence-corrected chi connectivity index (χ0v) is 9.00. The molecule has 4 heteroatoms. The lowest BCUT2D eigenvalue weighted by Gasteiger charge is -2.35. The molecule has 0 aromatic carbocycles. The predicted molar refractivity (Wildman–Crippen MR) is 50.5 cm³/mol. The zero-order chi connectivity index (χ0) is 10.6. The van der Waals surface area contributed by atoms with Gasteiger partial charge in [-0.2, -0.15) is 0 Å². The number of β-amino-alcohol motifs (C(OH)–C–C–N with tert-alkyl or cyclic N) is 1. The first kappa shape index (κ1) is 12.2. The molecule has 1 unspecified atom stereocenters. The van der Waals surface area contributed by atoms with Gasteiger partial charge in [0.05, 0.1) is 19.8 Å². The van der Waals surface area contributed by atoms with Crippen LogP contribution in [0, 0.1) is 0 Å². The number of methoxy groups -OCH3 is 1. The second-order valence-electron chi connectivity index (χ2n) is 4.10. The van der Waals surface area contributed by atoms with E-state index in [0.29, 0.717) is 0 Å². The Balaban J connectivity index is 4.47. The summed E-state index contributed by atoms with van der Waals surface area (Å²) in [6.45, 7) is 7.61. The van der Waals surface area contributed by atoms with E-state index >= 15 is 0 Å². The first-order valence-electron chi connectivity index (χ1n) is 4.32. The number of hydrogen-bond donors (Lipinski definition) is 1. The summed E-state index contributed by atoms with van der Waals surface area (Å²) < 4.78 is 4.62. The van der Waals surface area contributed by atoms with Gasteiger partial charge in [-0.05, 0) is 27.7 Å². The van der Waals surface area contributed by atoms with Crippen molar-refractivity contribution < 1.29 is 14.6 Å². The van der Waals surface area contributed by atoms with Gasteiger partial charge >= 0.3 is 6.09 Å². The summed E-state index contributed by atoms with van der Waals surface area (Å²) in [4.78, 5) is 12.8. The molecular formula is C9H19NO3. The summed E-state index contributed by atoms with van der Waals surface area (Å²) in [6, 6.07) is 0. The molecule has 1 atom stereocenters. The van der Waals surface area contributed by atoms with Crippen LogP contribution < -0.4 is 0 Å². The molecule has 0 aliphatic carbocycles. The maximum Gasteiger partial charge on any atom is 0.410 e. The summed E-state index contributed by atoms with van der Waals surface area (Å²) in [5.41, 5.74) is -0.329. The molecule has 0 aromatic heterocycles. The van der Waals surface area contributed by atoms with Gasteiger partial charge in [-0.15, -0.1) is 0 Å². The standard InChI is InChI=1S/C9H19NO3/c1-7(11)6-10(8(12)13-5)9(2,3)4/h7,11H,6H2,1-5H3. The Bertz CT molecular complexity index is 172. The Morgan fingerprint density at radius 2 is 2.00 bits per heavy atom. The number of hydrogen-bond acceptors (Lipinski definition) is 3. The van der Waals surface area contributed by atoms with Gasteiger partial charge in [-0.1, -0.05) is 0 Å². The van der Waals surface area contributed by atoms with Gasteiger partial charge in [-0.3, -0.25) is 0 Å². The summed E-state index contributed by atoms with van der Waals surface area (Å²) in [5, 5.41) is 9.18. The highest BCUT2D eigenvalue weighted by molar-refractivity contribution is 5.68. The Morgan fingerprint density at radius 3 is 2.23 bits per heavy atom. The second-order valence-corrected chi connectivity index (χ2v) is 4.10. The van der Waals surface area contributed by atoms with Crippen molar-refractivity contribution in [3.05, 3.63) is 0 Å². The minimum Gasteiger partial charge on any atom is -0.453 e. The quantitative estimate of drug-likeness (QED) is 0.711. The van der Waals surface area contributed by atoms with Crippen LogP contribution >= 0.6 is 0 Å². The molecule has 0 aliphatic rings. The van der Waals surface area contributed by atoms with Crippen molar-refractivity contribution >= 4 is 6.09 Å². The molecule has 1 N–H and O–H groups in total. The van der Waals surface area contributed by atoms with Crippen LogP contribution in [0.4, 0.5) is 4.79 Å². The Hall–Kier alpha value is -0.770. The molecule has 4 nitrogen and oxygen atoms in total. The van der Waals surface area contributed by atoms with Crippen LogP contribution in [0.15, 0.2) is 0 Å². The molecule has 0 saturated heterocycles. The molecule has 13 heavy (non-hydrogen) atoms. The van der Waals surface area contributed by atoms with Gasteiger partial charge < -0.3 is 14.7 Å². The third-order valence-electron chi connectivity index (χ3n) is 1.65. The molecule has 0 fully saturated rings. The van der Waals surface area contributed by atoms with Gasteiger partial charge in [0.25, 0.3) is 0 Å². The van der Waals surface area contributed by atoms with E-state index in [1.165, 1.54) is 12.0 Å². The monoisotopic (exact) mass is 189 g/mol. The molecule has 0 radical (unpaired) electrons. The summed E-state index contributed by atoms with van der Waals surface area (Å²) in [7, 11) is 1.34. The lowest BCUT2D eigenvalue weighted by molar-refractivity contribution is 0.0517. The first-order valence-corrected chi connectivity index (χ1v) is 4.32. The maximum absolute atomic E-state index is 11.3. The number of aliphatic hydroxyl groups excluding tert-OH is 1. The average Bonchev–Trinajstić information content (AvgIpc) is 1.96. The molecule has 78 valence electrons. The van der Waals surface area contributed by atoms with E-state index in [-0.39, 0.29) is 12.1 Å². The van der Waals surface area contributed by atoms with Crippen LogP contribution in [0.2, 0.25) is 0 Å². The van der Waals surface area contributed by atoms with E-state index in [9.17, 15) is 9.90 Å². The van der Waals surface area contributed by atoms with Crippen LogP contribution in [0.25, 0.3) is 0 Å². The Morgan fingerprint density at radius 1 is 1.54 bits per heavy atom. The molecule has 0 spiro atoms. The van der Waals surface area contributed by atoms with Crippen LogP contribution in [0.3, 0.4) is 0 Å². The van der Waals surface area contributed by atoms with E-state index < -0.39 is 12.2 Å². The highest BCUT2D eigenvalue weighted by Crippen LogP contribution is 2.14. The Kier molecular flexibility index (Phi) is 4.20. The van der Waals surface area contributed by atoms with E-state index in [1.807, 2.05) is 20.8 Å². The molecule has 1 amide bonds. The van der Waals surface area contributed by atoms with Crippen LogP contribution in [-0.4, -0.2) is 41.4 Å². The van der Waals surface area contributed by atoms with Crippen molar-refractivity contribution in [2.45, 2.75) is 39.3 Å². The van der Waals surface area contributed by atoms with Crippen molar-refractivity contribution in [2.24, 2.45) is 0 Å². The maximum atomic E-state index is 11.3. The van der Waals surface area contributed by atoms with Gasteiger partial charge in [0.2, 0.25) is 0 Å². The van der Waals surface area contributed by atoms with Gasteiger partial charge in [-0.25, -0.2) is 4.79 Å². The molecule has 0 aromatic rings. The number of carbonyl (C=O) groups excluding carboxylic acids is 1. The molecular weight excluding hydrogens is 170 g/mol. The fourth-order valence-electron chi connectivity index (χ4n) is 0.997. The highest BCUT2D eigenvalue weighted by atomic mass is 16.5. The van der Waals surface area contributed by atoms with Crippen LogP contribution in [-0.2, 0) is 4.74 Å². The molecule has 0 aliphatic heterocycles. The van der Waals surface area contributed by atoms with Crippen molar-refractivity contribution in [3.8, 4) is 0 Å². The van der Waals surface area contributed by atoms with E-state index in [0.717, 1.165) is 0 Å². The molecule has 0 rings (SSSR count). The van der Waals surface area contributed by atoms with Crippen LogP contribution in [0.1, 0.15) is 27.7 Å². The fourth-order valence-corrected chi connectivity index (χ4v) is 0.997. The zero-order valence-electron chi connectivity index (χ0n) is 9.00. The SMILES string of the molecule is COC(=O)N(CC(C)O)C(C)(C)C. The van der Waals surface area contributed by atoms with Gasteiger partial charge in [0.15, 0.2) is 0 Å². The number of ether oxygens (including phenoxy) is 1. The summed E-state index contributed by atoms with van der Waals surface area (Å²) >= 11 is 0. The molecule has 0 bridgehead atoms. The Labute approximate surface area is 79.5 Å². The minimum absolute atomic E-state index is 0.288. The summed E-state index contributed by atoms with van der Waals surface area (Å²) in [5.74, 6) is 0. The third-order valence-corrected chi connectivity index (χ3v) is 1.65. The predicted octanol–water partition coefficient (Wildman–Crippen LogP) is 1.23. The first-order chi connectivity index (χ1) is 5.79. The minimum atomic E-state index is -0.543. The number of rotatable bonds is 2. The van der Waals surface area contributed by atoms with Crippen LogP contribution in [0.5, 0.6) is 0 Å². The van der Waals surface area contributed by atoms with E-state index in [1.54, 1.807) is 6.92 Å². The number of nitrogens with zero attached hydrogens (tertiary/aromatic N) is 1. The summed E-state index contributed by atoms with van der Waals surface area (Å²) in [6.07, 6.45) is -0.952. The third kappa shape index (κ3) is 4.12. The van der Waals surface area contributed by atoms with Crippen molar-refractivity contribution in [1.82, 2.24) is 4.90 Å². The van der Waals surface area contributed by atoms with Gasteiger partial charge in [0, 0.05) is 5.54 Å².